The molecule has 0 saturated heterocycles. The predicted molar refractivity (Wildman–Crippen MR) is 79.5 cm³/mol. The van der Waals surface area contributed by atoms with Gasteiger partial charge in [-0.1, -0.05) is 13.0 Å². The van der Waals surface area contributed by atoms with Crippen LogP contribution in [0.5, 0.6) is 0 Å². The predicted octanol–water partition coefficient (Wildman–Crippen LogP) is 2.12. The van der Waals surface area contributed by atoms with E-state index in [2.05, 4.69) is 10.4 Å². The molecule has 1 N–H and O–H groups in total. The molecule has 0 unspecified atom stereocenters. The largest absolute Gasteiger partial charge is 0.383 e. The maximum absolute atomic E-state index is 11.9. The van der Waals surface area contributed by atoms with E-state index in [1.54, 1.807) is 7.11 Å². The monoisotopic (exact) mass is 279 g/mol. The van der Waals surface area contributed by atoms with Gasteiger partial charge in [0, 0.05) is 30.5 Å². The molecule has 20 heavy (non-hydrogen) atoms. The van der Waals surface area contributed by atoms with Crippen molar-refractivity contribution in [1.29, 1.82) is 0 Å². The number of nitrogens with zero attached hydrogens (tertiary/aromatic N) is 2. The van der Waals surface area contributed by atoms with Crippen LogP contribution >= 0.6 is 0 Å². The van der Waals surface area contributed by atoms with Gasteiger partial charge in [-0.2, -0.15) is 5.10 Å². The third-order valence-electron chi connectivity index (χ3n) is 3.33. The van der Waals surface area contributed by atoms with Crippen molar-refractivity contribution in [2.45, 2.75) is 47.2 Å². The molecule has 1 aromatic heterocycles. The molecule has 0 spiro atoms. The molecule has 1 amide bonds. The average Bonchev–Trinajstić information content (AvgIpc) is 2.69. The summed E-state index contributed by atoms with van der Waals surface area (Å²) in [6.45, 7) is 9.71. The van der Waals surface area contributed by atoms with E-state index in [-0.39, 0.29) is 5.91 Å². The Balaban J connectivity index is 2.71. The maximum Gasteiger partial charge on any atom is 0.246 e. The first kappa shape index (κ1) is 16.4. The van der Waals surface area contributed by atoms with Gasteiger partial charge in [0.1, 0.15) is 0 Å². The highest BCUT2D eigenvalue weighted by Gasteiger charge is 2.12. The van der Waals surface area contributed by atoms with Crippen LogP contribution in [0.4, 0.5) is 0 Å². The van der Waals surface area contributed by atoms with Crippen LogP contribution < -0.4 is 5.32 Å². The van der Waals surface area contributed by atoms with Crippen molar-refractivity contribution in [3.05, 3.63) is 28.6 Å². The van der Waals surface area contributed by atoms with Gasteiger partial charge in [0.15, 0.2) is 0 Å². The van der Waals surface area contributed by atoms with Gasteiger partial charge in [-0.05, 0) is 27.2 Å². The van der Waals surface area contributed by atoms with Crippen molar-refractivity contribution in [2.24, 2.45) is 0 Å². The van der Waals surface area contributed by atoms with Crippen LogP contribution in [0.2, 0.25) is 0 Å². The molecular weight excluding hydrogens is 254 g/mol. The number of rotatable bonds is 7. The summed E-state index contributed by atoms with van der Waals surface area (Å²) in [4.78, 5) is 11.9. The van der Waals surface area contributed by atoms with E-state index < -0.39 is 0 Å². The Morgan fingerprint density at radius 2 is 2.15 bits per heavy atom. The summed E-state index contributed by atoms with van der Waals surface area (Å²) in [6.07, 6.45) is 2.79. The van der Waals surface area contributed by atoms with E-state index in [1.165, 1.54) is 0 Å². The van der Waals surface area contributed by atoms with Crippen LogP contribution in [0.1, 0.15) is 37.2 Å². The third kappa shape index (κ3) is 4.20. The lowest BCUT2D eigenvalue weighted by Crippen LogP contribution is -2.24. The van der Waals surface area contributed by atoms with Crippen molar-refractivity contribution in [3.8, 4) is 0 Å². The quantitative estimate of drug-likeness (QED) is 0.778. The molecule has 0 fully saturated rings. The normalized spacial score (nSPS) is 11.8. The zero-order valence-corrected chi connectivity index (χ0v) is 13.1. The molecule has 0 aromatic carbocycles. The van der Waals surface area contributed by atoms with Crippen molar-refractivity contribution in [3.63, 3.8) is 0 Å². The number of hydrogen-bond acceptors (Lipinski definition) is 3. The van der Waals surface area contributed by atoms with Crippen LogP contribution in [0.3, 0.4) is 0 Å². The third-order valence-corrected chi connectivity index (χ3v) is 3.33. The number of amides is 1. The highest BCUT2D eigenvalue weighted by molar-refractivity contribution is 5.92. The van der Waals surface area contributed by atoms with Gasteiger partial charge in [-0.15, -0.1) is 0 Å². The summed E-state index contributed by atoms with van der Waals surface area (Å²) < 4.78 is 6.99. The minimum atomic E-state index is -0.0182. The Bertz CT molecular complexity index is 490. The van der Waals surface area contributed by atoms with Crippen molar-refractivity contribution in [1.82, 2.24) is 15.1 Å². The number of methoxy groups -OCH3 is 1. The van der Waals surface area contributed by atoms with Gasteiger partial charge in [-0.25, -0.2) is 0 Å². The first-order chi connectivity index (χ1) is 9.51. The van der Waals surface area contributed by atoms with Gasteiger partial charge in [0.2, 0.25) is 5.91 Å². The zero-order valence-electron chi connectivity index (χ0n) is 13.1. The fourth-order valence-electron chi connectivity index (χ4n) is 2.09. The summed E-state index contributed by atoms with van der Waals surface area (Å²) in [5.74, 6) is -0.0182. The molecule has 5 heteroatoms. The fraction of sp³-hybridized carbons (Fsp3) is 0.600. The molecule has 112 valence electrons. The molecule has 1 heterocycles. The first-order valence-corrected chi connectivity index (χ1v) is 6.98. The number of nitrogens with one attached hydrogen (secondary N) is 1. The molecule has 1 aromatic rings. The van der Waals surface area contributed by atoms with Crippen molar-refractivity contribution in [2.75, 3.05) is 13.7 Å². The average molecular weight is 279 g/mol. The Morgan fingerprint density at radius 3 is 2.75 bits per heavy atom. The zero-order chi connectivity index (χ0) is 15.1. The minimum Gasteiger partial charge on any atom is -0.383 e. The number of aromatic nitrogens is 2. The van der Waals surface area contributed by atoms with Crippen molar-refractivity contribution >= 4 is 5.91 Å². The Kier molecular flexibility index (Phi) is 6.45. The number of carbonyl (C=O) groups excluding carboxylic acids is 1. The molecule has 0 aliphatic carbocycles. The molecule has 0 atom stereocenters. The lowest BCUT2D eigenvalue weighted by atomic mass is 10.2. The topological polar surface area (TPSA) is 56.2 Å². The molecule has 0 aliphatic heterocycles. The molecule has 0 bridgehead atoms. The van der Waals surface area contributed by atoms with E-state index in [9.17, 15) is 4.79 Å². The second kappa shape index (κ2) is 7.85. The fourth-order valence-corrected chi connectivity index (χ4v) is 2.09. The smallest absolute Gasteiger partial charge is 0.246 e. The van der Waals surface area contributed by atoms with E-state index >= 15 is 0 Å². The van der Waals surface area contributed by atoms with Gasteiger partial charge >= 0.3 is 0 Å². The lowest BCUT2D eigenvalue weighted by Gasteiger charge is -2.07. The second-order valence-corrected chi connectivity index (χ2v) is 4.84. The van der Waals surface area contributed by atoms with Gasteiger partial charge < -0.3 is 10.1 Å². The molecule has 0 saturated carbocycles. The first-order valence-electron chi connectivity index (χ1n) is 6.98. The summed E-state index contributed by atoms with van der Waals surface area (Å²) in [7, 11) is 1.68. The second-order valence-electron chi connectivity index (χ2n) is 4.84. The Morgan fingerprint density at radius 1 is 1.45 bits per heavy atom. The molecule has 1 rings (SSSR count). The van der Waals surface area contributed by atoms with E-state index in [0.717, 1.165) is 35.5 Å². The van der Waals surface area contributed by atoms with Crippen LogP contribution in [0.15, 0.2) is 11.6 Å². The van der Waals surface area contributed by atoms with E-state index in [4.69, 9.17) is 4.74 Å². The maximum atomic E-state index is 11.9. The number of carbonyl (C=O) groups is 1. The van der Waals surface area contributed by atoms with Gasteiger partial charge in [0.05, 0.1) is 18.8 Å². The Labute approximate surface area is 121 Å². The van der Waals surface area contributed by atoms with E-state index in [0.29, 0.717) is 13.2 Å². The SMILES string of the molecule is CCC=C(C)C(=O)NCc1c(C)nn(CCOC)c1C. The van der Waals surface area contributed by atoms with Gasteiger partial charge in [-0.3, -0.25) is 9.48 Å². The molecule has 0 radical (unpaired) electrons. The lowest BCUT2D eigenvalue weighted by molar-refractivity contribution is -0.117. The summed E-state index contributed by atoms with van der Waals surface area (Å²) in [5.41, 5.74) is 3.88. The highest BCUT2D eigenvalue weighted by atomic mass is 16.5. The molecule has 0 aliphatic rings. The number of ether oxygens (including phenoxy) is 1. The molecule has 5 nitrogen and oxygen atoms in total. The highest BCUT2D eigenvalue weighted by Crippen LogP contribution is 2.13. The number of aryl methyl sites for hydroxylation is 1. The standard InChI is InChI=1S/C15H25N3O2/c1-6-7-11(2)15(19)16-10-14-12(3)17-18(13(14)4)8-9-20-5/h7H,6,8-10H2,1-5H3,(H,16,19). The summed E-state index contributed by atoms with van der Waals surface area (Å²) in [5, 5.41) is 7.42. The summed E-state index contributed by atoms with van der Waals surface area (Å²) in [6, 6.07) is 0. The minimum absolute atomic E-state index is 0.0182. The van der Waals surface area contributed by atoms with Crippen LogP contribution in [-0.2, 0) is 22.6 Å². The number of allylic oxidation sites excluding steroid dienone is 1. The number of hydrogen-bond donors (Lipinski definition) is 1. The summed E-state index contributed by atoms with van der Waals surface area (Å²) >= 11 is 0. The van der Waals surface area contributed by atoms with Gasteiger partial charge in [0.25, 0.3) is 0 Å². The van der Waals surface area contributed by atoms with Crippen LogP contribution in [0.25, 0.3) is 0 Å². The van der Waals surface area contributed by atoms with Crippen molar-refractivity contribution < 1.29 is 9.53 Å². The molecular formula is C15H25N3O2. The van der Waals surface area contributed by atoms with Crippen LogP contribution in [0, 0.1) is 13.8 Å². The van der Waals surface area contributed by atoms with E-state index in [1.807, 2.05) is 38.5 Å². The van der Waals surface area contributed by atoms with Crippen LogP contribution in [-0.4, -0.2) is 29.4 Å². The Hall–Kier alpha value is -1.62.